The van der Waals surface area contributed by atoms with E-state index in [-0.39, 0.29) is 0 Å². The first-order valence-electron chi connectivity index (χ1n) is 6.23. The Hall–Kier alpha value is -1.24. The second-order valence-electron chi connectivity index (χ2n) is 4.38. The van der Waals surface area contributed by atoms with E-state index in [0.29, 0.717) is 0 Å². The van der Waals surface area contributed by atoms with E-state index in [2.05, 4.69) is 42.6 Å². The zero-order chi connectivity index (χ0) is 11.2. The summed E-state index contributed by atoms with van der Waals surface area (Å²) in [7, 11) is 0. The van der Waals surface area contributed by atoms with Gasteiger partial charge in [-0.3, -0.25) is 0 Å². The molecule has 1 radical (unpaired) electrons. The van der Waals surface area contributed by atoms with Gasteiger partial charge in [0.15, 0.2) is 0 Å². The van der Waals surface area contributed by atoms with Gasteiger partial charge in [-0.2, -0.15) is 0 Å². The van der Waals surface area contributed by atoms with Crippen molar-refractivity contribution < 1.29 is 0 Å². The van der Waals surface area contributed by atoms with Crippen molar-refractivity contribution >= 4 is 5.69 Å². The van der Waals surface area contributed by atoms with E-state index in [9.17, 15) is 0 Å². The number of anilines is 1. The topological polar surface area (TPSA) is 12.0 Å². The Labute approximate surface area is 98.6 Å². The smallest absolute Gasteiger partial charge is 0.0417 e. The Morgan fingerprint density at radius 1 is 1.12 bits per heavy atom. The molecule has 1 aromatic rings. The number of unbranched alkanes of at least 4 members (excludes halogenated alkanes) is 3. The number of allylic oxidation sites excluding steroid dienone is 2. The molecule has 0 fully saturated rings. The van der Waals surface area contributed by atoms with Crippen molar-refractivity contribution in [3.8, 4) is 0 Å². The Morgan fingerprint density at radius 3 is 2.88 bits per heavy atom. The molecule has 1 heteroatoms. The van der Waals surface area contributed by atoms with Crippen molar-refractivity contribution in [3.63, 3.8) is 0 Å². The van der Waals surface area contributed by atoms with Crippen LogP contribution >= 0.6 is 0 Å². The van der Waals surface area contributed by atoms with Gasteiger partial charge < -0.3 is 5.32 Å². The second-order valence-corrected chi connectivity index (χ2v) is 4.38. The fourth-order valence-electron chi connectivity index (χ4n) is 2.11. The Bertz CT molecular complexity index is 365. The summed E-state index contributed by atoms with van der Waals surface area (Å²) < 4.78 is 0. The molecule has 2 rings (SSSR count). The predicted molar refractivity (Wildman–Crippen MR) is 70.3 cm³/mol. The largest absolute Gasteiger partial charge is 0.359 e. The molecule has 0 spiro atoms. The predicted octanol–water partition coefficient (Wildman–Crippen LogP) is 4.32. The van der Waals surface area contributed by atoms with Crippen LogP contribution in [-0.4, -0.2) is 0 Å². The van der Waals surface area contributed by atoms with Gasteiger partial charge in [-0.15, -0.1) is 0 Å². The molecule has 1 N–H and O–H groups in total. The first-order valence-corrected chi connectivity index (χ1v) is 6.23. The summed E-state index contributed by atoms with van der Waals surface area (Å²) >= 11 is 0. The van der Waals surface area contributed by atoms with E-state index in [0.717, 1.165) is 12.8 Å². The van der Waals surface area contributed by atoms with Crippen LogP contribution in [0.4, 0.5) is 5.69 Å². The average Bonchev–Trinajstić information content (AvgIpc) is 2.34. The van der Waals surface area contributed by atoms with E-state index in [1.807, 2.05) is 0 Å². The maximum Gasteiger partial charge on any atom is 0.0417 e. The van der Waals surface area contributed by atoms with Gasteiger partial charge in [0.05, 0.1) is 0 Å². The summed E-state index contributed by atoms with van der Waals surface area (Å²) in [5.41, 5.74) is 4.09. The van der Waals surface area contributed by atoms with E-state index < -0.39 is 0 Å². The van der Waals surface area contributed by atoms with Gasteiger partial charge >= 0.3 is 0 Å². The average molecular weight is 214 g/mol. The first-order chi connectivity index (χ1) is 7.90. The van der Waals surface area contributed by atoms with Gasteiger partial charge in [0, 0.05) is 11.4 Å². The van der Waals surface area contributed by atoms with Crippen molar-refractivity contribution in [1.82, 2.24) is 0 Å². The molecule has 1 heterocycles. The van der Waals surface area contributed by atoms with Crippen molar-refractivity contribution in [1.29, 1.82) is 0 Å². The van der Waals surface area contributed by atoms with Crippen LogP contribution in [0.3, 0.4) is 0 Å². The lowest BCUT2D eigenvalue weighted by atomic mass is 10.0. The Balaban J connectivity index is 1.84. The minimum Gasteiger partial charge on any atom is -0.359 e. The fraction of sp³-hybridized carbons (Fsp3) is 0.400. The van der Waals surface area contributed by atoms with Gasteiger partial charge in [0.2, 0.25) is 0 Å². The number of benzene rings is 1. The molecular weight excluding hydrogens is 194 g/mol. The van der Waals surface area contributed by atoms with Crippen molar-refractivity contribution in [2.45, 2.75) is 38.5 Å². The summed E-state index contributed by atoms with van der Waals surface area (Å²) in [6, 6.07) is 8.56. The molecule has 85 valence electrons. The number of para-hydroxylation sites is 1. The number of rotatable bonds is 5. The second kappa shape index (κ2) is 5.74. The zero-order valence-electron chi connectivity index (χ0n) is 9.84. The molecule has 0 aromatic heterocycles. The van der Waals surface area contributed by atoms with Crippen molar-refractivity contribution in [3.05, 3.63) is 48.5 Å². The number of hydrogen-bond donors (Lipinski definition) is 1. The SMILES string of the molecule is [CH2]CCCCCC1=CCc2ccccc2N1. The molecule has 1 nitrogen and oxygen atoms in total. The molecule has 1 aromatic carbocycles. The number of fused-ring (bicyclic) bond motifs is 1. The van der Waals surface area contributed by atoms with E-state index >= 15 is 0 Å². The summed E-state index contributed by atoms with van der Waals surface area (Å²) in [6.07, 6.45) is 9.47. The number of nitrogens with one attached hydrogen (secondary N) is 1. The Kier molecular flexibility index (Phi) is 4.03. The third-order valence-electron chi connectivity index (χ3n) is 3.08. The van der Waals surface area contributed by atoms with E-state index in [1.54, 1.807) is 0 Å². The van der Waals surface area contributed by atoms with Crippen LogP contribution in [-0.2, 0) is 6.42 Å². The standard InChI is InChI=1S/C15H20N/c1-2-3-4-5-9-14-12-11-13-8-6-7-10-15(13)16-14/h6-8,10,12,16H,1-5,9,11H2. The zero-order valence-corrected chi connectivity index (χ0v) is 9.84. The van der Waals surface area contributed by atoms with Crippen LogP contribution in [0.5, 0.6) is 0 Å². The normalized spacial score (nSPS) is 13.9. The van der Waals surface area contributed by atoms with Crippen LogP contribution in [0.15, 0.2) is 36.0 Å². The van der Waals surface area contributed by atoms with Crippen LogP contribution in [0, 0.1) is 6.92 Å². The minimum atomic E-state index is 1.06. The minimum absolute atomic E-state index is 1.06. The molecule has 0 amide bonds. The van der Waals surface area contributed by atoms with Crippen molar-refractivity contribution in [2.24, 2.45) is 0 Å². The third-order valence-corrected chi connectivity index (χ3v) is 3.08. The maximum atomic E-state index is 3.87. The van der Waals surface area contributed by atoms with Gasteiger partial charge in [-0.25, -0.2) is 0 Å². The summed E-state index contributed by atoms with van der Waals surface area (Å²) in [6.45, 7) is 3.87. The lowest BCUT2D eigenvalue weighted by Crippen LogP contribution is -2.07. The molecule has 0 saturated heterocycles. The fourth-order valence-corrected chi connectivity index (χ4v) is 2.11. The van der Waals surface area contributed by atoms with Gasteiger partial charge in [0.25, 0.3) is 0 Å². The third kappa shape index (κ3) is 2.88. The lowest BCUT2D eigenvalue weighted by molar-refractivity contribution is 0.682. The molecule has 16 heavy (non-hydrogen) atoms. The van der Waals surface area contributed by atoms with Gasteiger partial charge in [-0.1, -0.05) is 50.5 Å². The Morgan fingerprint density at radius 2 is 2.00 bits per heavy atom. The van der Waals surface area contributed by atoms with E-state index in [1.165, 1.54) is 42.6 Å². The lowest BCUT2D eigenvalue weighted by Gasteiger charge is -2.19. The molecule has 0 bridgehead atoms. The van der Waals surface area contributed by atoms with Crippen molar-refractivity contribution in [2.75, 3.05) is 5.32 Å². The molecule has 0 atom stereocenters. The number of hydrogen-bond acceptors (Lipinski definition) is 1. The summed E-state index contributed by atoms with van der Waals surface area (Å²) in [5, 5.41) is 3.52. The van der Waals surface area contributed by atoms with Crippen LogP contribution in [0.25, 0.3) is 0 Å². The molecule has 1 aliphatic heterocycles. The monoisotopic (exact) mass is 214 g/mol. The maximum absolute atomic E-state index is 3.87. The van der Waals surface area contributed by atoms with E-state index in [4.69, 9.17) is 0 Å². The highest BCUT2D eigenvalue weighted by Gasteiger charge is 2.08. The van der Waals surface area contributed by atoms with Gasteiger partial charge in [-0.05, 0) is 30.9 Å². The van der Waals surface area contributed by atoms with Crippen LogP contribution < -0.4 is 5.32 Å². The van der Waals surface area contributed by atoms with Crippen LogP contribution in [0.2, 0.25) is 0 Å². The summed E-state index contributed by atoms with van der Waals surface area (Å²) in [4.78, 5) is 0. The highest BCUT2D eigenvalue weighted by molar-refractivity contribution is 5.58. The molecule has 0 unspecified atom stereocenters. The van der Waals surface area contributed by atoms with Crippen LogP contribution in [0.1, 0.15) is 37.7 Å². The first kappa shape index (κ1) is 11.3. The molecular formula is C15H20N. The summed E-state index contributed by atoms with van der Waals surface area (Å²) in [5.74, 6) is 0. The quantitative estimate of drug-likeness (QED) is 0.720. The molecule has 0 aliphatic carbocycles. The molecule has 0 saturated carbocycles. The highest BCUT2D eigenvalue weighted by atomic mass is 14.9. The highest BCUT2D eigenvalue weighted by Crippen LogP contribution is 2.25. The molecule has 1 aliphatic rings. The van der Waals surface area contributed by atoms with Gasteiger partial charge in [0.1, 0.15) is 0 Å².